The van der Waals surface area contributed by atoms with Gasteiger partial charge in [-0.1, -0.05) is 168 Å². The van der Waals surface area contributed by atoms with Gasteiger partial charge >= 0.3 is 0 Å². The van der Waals surface area contributed by atoms with Crippen LogP contribution in [0.25, 0.3) is 21.9 Å². The standard InChI is InChI=1S/C62H62BN3O2/c1-59(2,3)39-21-29-43(30-22-39)64(44-31-23-40(24-32-44)60(4,5)6)47-37-50-56-51(38-47)66(46-35-27-42(28-36-46)62(10,11)12)58-55(49-18-14-16-20-53(49)68-58)63(56)54-48-17-13-15-19-52(48)67-57(54)65(50)45-33-25-41(26-34-45)61(7,8)9/h13-38H,1-12H3. The van der Waals surface area contributed by atoms with Crippen LogP contribution in [-0.2, 0) is 21.7 Å². The minimum atomic E-state index is -0.202. The van der Waals surface area contributed by atoms with E-state index in [2.05, 4.69) is 256 Å². The highest BCUT2D eigenvalue weighted by molar-refractivity contribution is 7.02. The summed E-state index contributed by atoms with van der Waals surface area (Å²) in [6.07, 6.45) is 0. The molecule has 0 atom stereocenters. The van der Waals surface area contributed by atoms with E-state index < -0.39 is 0 Å². The van der Waals surface area contributed by atoms with E-state index in [0.29, 0.717) is 0 Å². The predicted octanol–water partition coefficient (Wildman–Crippen LogP) is 15.9. The number of benzene rings is 7. The van der Waals surface area contributed by atoms with Crippen LogP contribution in [0, 0.1) is 0 Å². The second kappa shape index (κ2) is 15.3. The van der Waals surface area contributed by atoms with Crippen LogP contribution < -0.4 is 31.1 Å². The third-order valence-electron chi connectivity index (χ3n) is 14.3. The zero-order chi connectivity index (χ0) is 47.7. The maximum Gasteiger partial charge on any atom is 0.262 e. The van der Waals surface area contributed by atoms with Gasteiger partial charge in [-0.25, -0.2) is 0 Å². The summed E-state index contributed by atoms with van der Waals surface area (Å²) in [7, 11) is 0. The molecule has 0 radical (unpaired) electrons. The van der Waals surface area contributed by atoms with Crippen molar-refractivity contribution in [1.82, 2.24) is 0 Å². The van der Waals surface area contributed by atoms with Gasteiger partial charge in [0.1, 0.15) is 11.2 Å². The molecule has 11 rings (SSSR count). The monoisotopic (exact) mass is 891 g/mol. The van der Waals surface area contributed by atoms with Crippen LogP contribution >= 0.6 is 0 Å². The topological polar surface area (TPSA) is 36.0 Å². The van der Waals surface area contributed by atoms with Crippen molar-refractivity contribution in [3.63, 3.8) is 0 Å². The van der Waals surface area contributed by atoms with Crippen molar-refractivity contribution in [3.05, 3.63) is 180 Å². The first kappa shape index (κ1) is 43.6. The van der Waals surface area contributed by atoms with Crippen molar-refractivity contribution < 1.29 is 8.83 Å². The molecule has 2 aliphatic rings. The minimum Gasteiger partial charge on any atom is -0.440 e. The largest absolute Gasteiger partial charge is 0.440 e. The summed E-state index contributed by atoms with van der Waals surface area (Å²) in [5, 5.41) is 2.20. The maximum atomic E-state index is 7.20. The summed E-state index contributed by atoms with van der Waals surface area (Å²) in [6, 6.07) is 58.4. The summed E-state index contributed by atoms with van der Waals surface area (Å²) >= 11 is 0. The minimum absolute atomic E-state index is 0.00335. The van der Waals surface area contributed by atoms with Crippen molar-refractivity contribution in [1.29, 1.82) is 0 Å². The van der Waals surface area contributed by atoms with Crippen molar-refractivity contribution in [2.75, 3.05) is 14.7 Å². The Balaban J connectivity index is 1.26. The van der Waals surface area contributed by atoms with E-state index in [1.165, 1.54) is 27.7 Å². The summed E-state index contributed by atoms with van der Waals surface area (Å²) in [5.74, 6) is 1.65. The van der Waals surface area contributed by atoms with Gasteiger partial charge in [-0.05, 0) is 122 Å². The Hall–Kier alpha value is -6.92. The molecule has 0 fully saturated rings. The summed E-state index contributed by atoms with van der Waals surface area (Å²) < 4.78 is 14.4. The normalized spacial score (nSPS) is 13.8. The lowest BCUT2D eigenvalue weighted by Crippen LogP contribution is -2.60. The van der Waals surface area contributed by atoms with E-state index in [-0.39, 0.29) is 28.4 Å². The molecule has 0 amide bonds. The van der Waals surface area contributed by atoms with E-state index in [1.807, 2.05) is 0 Å². The summed E-state index contributed by atoms with van der Waals surface area (Å²) in [6.45, 7) is 27.1. The van der Waals surface area contributed by atoms with Crippen molar-refractivity contribution in [2.45, 2.75) is 105 Å². The molecular formula is C62H62BN3O2. The molecule has 0 spiro atoms. The van der Waals surface area contributed by atoms with Crippen LogP contribution in [0.15, 0.2) is 167 Å². The van der Waals surface area contributed by atoms with Gasteiger partial charge in [0, 0.05) is 55.8 Å². The first-order valence-corrected chi connectivity index (χ1v) is 24.3. The lowest BCUT2D eigenvalue weighted by atomic mass is 9.33. The van der Waals surface area contributed by atoms with Crippen LogP contribution in [0.3, 0.4) is 0 Å². The van der Waals surface area contributed by atoms with Gasteiger partial charge in [0.15, 0.2) is 0 Å². The Bertz CT molecular complexity index is 3150. The molecule has 0 aliphatic carbocycles. The smallest absolute Gasteiger partial charge is 0.262 e. The molecule has 0 unspecified atom stereocenters. The van der Waals surface area contributed by atoms with Crippen LogP contribution in [0.4, 0.5) is 51.6 Å². The predicted molar refractivity (Wildman–Crippen MR) is 289 cm³/mol. The molecule has 0 N–H and O–H groups in total. The molecule has 7 aromatic carbocycles. The lowest BCUT2D eigenvalue weighted by molar-refractivity contribution is 0.590. The van der Waals surface area contributed by atoms with Crippen LogP contribution in [0.5, 0.6) is 0 Å². The average molecular weight is 892 g/mol. The molecule has 2 aromatic heterocycles. The molecule has 5 nitrogen and oxygen atoms in total. The first-order valence-electron chi connectivity index (χ1n) is 24.3. The fourth-order valence-electron chi connectivity index (χ4n) is 10.5. The van der Waals surface area contributed by atoms with E-state index in [1.54, 1.807) is 0 Å². The number of hydrogen-bond acceptors (Lipinski definition) is 5. The van der Waals surface area contributed by atoms with Crippen molar-refractivity contribution in [3.8, 4) is 0 Å². The van der Waals surface area contributed by atoms with Gasteiger partial charge in [0.2, 0.25) is 11.8 Å². The molecule has 0 bridgehead atoms. The molecule has 0 saturated heterocycles. The van der Waals surface area contributed by atoms with Gasteiger partial charge in [-0.3, -0.25) is 9.80 Å². The number of furan rings is 2. The summed E-state index contributed by atoms with van der Waals surface area (Å²) in [5.41, 5.74) is 17.7. The van der Waals surface area contributed by atoms with Gasteiger partial charge < -0.3 is 13.7 Å². The molecule has 9 aromatic rings. The van der Waals surface area contributed by atoms with Crippen LogP contribution in [-0.4, -0.2) is 6.71 Å². The first-order chi connectivity index (χ1) is 32.3. The van der Waals surface area contributed by atoms with Crippen molar-refractivity contribution in [2.24, 2.45) is 0 Å². The fourth-order valence-corrected chi connectivity index (χ4v) is 10.5. The zero-order valence-corrected chi connectivity index (χ0v) is 41.7. The second-order valence-corrected chi connectivity index (χ2v) is 23.2. The SMILES string of the molecule is CC(C)(C)c1ccc(N(c2ccc(C(C)(C)C)cc2)c2cc3c4c(c2)N(c2ccc(C(C)(C)C)cc2)c2oc5ccccc5c2B4c2c(oc4ccccc24)N3c2ccc(C(C)(C)C)cc2)cc1. The number of nitrogens with zero attached hydrogens (tertiary/aromatic N) is 3. The third kappa shape index (κ3) is 7.14. The average Bonchev–Trinajstić information content (AvgIpc) is 3.87. The fraction of sp³-hybridized carbons (Fsp3) is 0.258. The van der Waals surface area contributed by atoms with Crippen molar-refractivity contribution >= 4 is 96.6 Å². The Morgan fingerprint density at radius 3 is 1.03 bits per heavy atom. The Morgan fingerprint density at radius 1 is 0.368 bits per heavy atom. The number of anilines is 9. The second-order valence-electron chi connectivity index (χ2n) is 23.2. The molecule has 0 saturated carbocycles. The Kier molecular flexibility index (Phi) is 9.82. The highest BCUT2D eigenvalue weighted by Gasteiger charge is 2.49. The highest BCUT2D eigenvalue weighted by Crippen LogP contribution is 2.51. The van der Waals surface area contributed by atoms with Crippen LogP contribution in [0.2, 0.25) is 0 Å². The van der Waals surface area contributed by atoms with Gasteiger partial charge in [-0.2, -0.15) is 0 Å². The highest BCUT2D eigenvalue weighted by atomic mass is 16.4. The third-order valence-corrected chi connectivity index (χ3v) is 14.3. The molecule has 6 heteroatoms. The molecular weight excluding hydrogens is 830 g/mol. The maximum absolute atomic E-state index is 7.20. The number of para-hydroxylation sites is 2. The quantitative estimate of drug-likeness (QED) is 0.161. The number of hydrogen-bond donors (Lipinski definition) is 0. The summed E-state index contributed by atoms with van der Waals surface area (Å²) in [4.78, 5) is 7.20. The van der Waals surface area contributed by atoms with E-state index in [4.69, 9.17) is 8.83 Å². The molecule has 2 aliphatic heterocycles. The van der Waals surface area contributed by atoms with E-state index in [0.717, 1.165) is 84.4 Å². The zero-order valence-electron chi connectivity index (χ0n) is 41.7. The molecule has 68 heavy (non-hydrogen) atoms. The van der Waals surface area contributed by atoms with Gasteiger partial charge in [-0.15, -0.1) is 0 Å². The number of rotatable bonds is 5. The van der Waals surface area contributed by atoms with Crippen LogP contribution in [0.1, 0.15) is 105 Å². The number of fused-ring (bicyclic) bond motifs is 8. The van der Waals surface area contributed by atoms with Gasteiger partial charge in [0.05, 0.1) is 5.69 Å². The lowest BCUT2D eigenvalue weighted by Gasteiger charge is -2.41. The van der Waals surface area contributed by atoms with Gasteiger partial charge in [0.25, 0.3) is 6.71 Å². The molecule has 4 heterocycles. The molecule has 340 valence electrons. The Morgan fingerprint density at radius 2 is 0.691 bits per heavy atom. The Labute approximate surface area is 403 Å². The van der Waals surface area contributed by atoms with E-state index >= 15 is 0 Å². The van der Waals surface area contributed by atoms with E-state index in [9.17, 15) is 0 Å².